The molecule has 0 bridgehead atoms. The third-order valence-corrected chi connectivity index (χ3v) is 6.46. The van der Waals surface area contributed by atoms with Gasteiger partial charge in [-0.15, -0.1) is 0 Å². The standard InChI is InChI=1S/C25H30N4/c1-28-12-14-29(15-13-28)18-19-2-4-20(5-3-19)22-16-24-23(6-7-25(24)27-17-22)21-8-10-26-11-9-21/h2-6,8,16-17,26H,7,9-15,18H2,1H3. The van der Waals surface area contributed by atoms with Gasteiger partial charge in [-0.2, -0.15) is 0 Å². The molecular weight excluding hydrogens is 356 g/mol. The van der Waals surface area contributed by atoms with Crippen LogP contribution in [0.25, 0.3) is 16.7 Å². The smallest absolute Gasteiger partial charge is 0.0520 e. The van der Waals surface area contributed by atoms with E-state index in [0.717, 1.165) is 45.6 Å². The van der Waals surface area contributed by atoms with Crippen molar-refractivity contribution in [3.8, 4) is 11.1 Å². The summed E-state index contributed by atoms with van der Waals surface area (Å²) >= 11 is 0. The highest BCUT2D eigenvalue weighted by molar-refractivity contribution is 5.85. The van der Waals surface area contributed by atoms with Crippen molar-refractivity contribution in [1.29, 1.82) is 0 Å². The van der Waals surface area contributed by atoms with Gasteiger partial charge in [-0.1, -0.05) is 36.4 Å². The summed E-state index contributed by atoms with van der Waals surface area (Å²) < 4.78 is 0. The van der Waals surface area contributed by atoms with Crippen LogP contribution in [0.4, 0.5) is 0 Å². The Hall–Kier alpha value is -2.27. The molecule has 1 aromatic carbocycles. The molecule has 0 atom stereocenters. The average molecular weight is 387 g/mol. The van der Waals surface area contributed by atoms with Crippen LogP contribution in [0, 0.1) is 0 Å². The van der Waals surface area contributed by atoms with Gasteiger partial charge in [0, 0.05) is 63.0 Å². The lowest BCUT2D eigenvalue weighted by atomic mass is 9.94. The Kier molecular flexibility index (Phi) is 5.32. The highest BCUT2D eigenvalue weighted by Gasteiger charge is 2.20. The van der Waals surface area contributed by atoms with Crippen molar-refractivity contribution >= 4 is 5.57 Å². The first kappa shape index (κ1) is 18.7. The van der Waals surface area contributed by atoms with Gasteiger partial charge in [-0.25, -0.2) is 0 Å². The minimum atomic E-state index is 0.958. The van der Waals surface area contributed by atoms with Crippen LogP contribution in [-0.4, -0.2) is 61.1 Å². The van der Waals surface area contributed by atoms with Gasteiger partial charge in [0.1, 0.15) is 0 Å². The van der Waals surface area contributed by atoms with E-state index in [1.165, 1.54) is 52.2 Å². The number of benzene rings is 1. The summed E-state index contributed by atoms with van der Waals surface area (Å²) in [4.78, 5) is 9.75. The number of hydrogen-bond donors (Lipinski definition) is 1. The van der Waals surface area contributed by atoms with Gasteiger partial charge in [0.05, 0.1) is 5.69 Å². The number of likely N-dealkylation sites (N-methyl/N-ethyl adjacent to an activating group) is 1. The predicted octanol–water partition coefficient (Wildman–Crippen LogP) is 3.36. The van der Waals surface area contributed by atoms with E-state index in [2.05, 4.69) is 64.6 Å². The third kappa shape index (κ3) is 4.06. The number of nitrogens with one attached hydrogen (secondary N) is 1. The van der Waals surface area contributed by atoms with Gasteiger partial charge in [0.15, 0.2) is 0 Å². The summed E-state index contributed by atoms with van der Waals surface area (Å²) in [6.45, 7) is 7.75. The van der Waals surface area contributed by atoms with Gasteiger partial charge in [-0.05, 0) is 48.4 Å². The first-order valence-corrected chi connectivity index (χ1v) is 10.9. The molecule has 3 heterocycles. The van der Waals surface area contributed by atoms with Crippen LogP contribution < -0.4 is 5.32 Å². The molecule has 29 heavy (non-hydrogen) atoms. The summed E-state index contributed by atoms with van der Waals surface area (Å²) in [5, 5.41) is 3.41. The normalized spacial score (nSPS) is 20.3. The maximum absolute atomic E-state index is 4.80. The maximum Gasteiger partial charge on any atom is 0.0520 e. The summed E-state index contributed by atoms with van der Waals surface area (Å²) in [7, 11) is 2.21. The number of piperazine rings is 1. The minimum Gasteiger partial charge on any atom is -0.313 e. The molecule has 1 aliphatic carbocycles. The van der Waals surface area contributed by atoms with E-state index in [1.807, 2.05) is 6.20 Å². The van der Waals surface area contributed by atoms with Crippen molar-refractivity contribution in [2.75, 3.05) is 46.3 Å². The van der Waals surface area contributed by atoms with Crippen molar-refractivity contribution in [1.82, 2.24) is 20.1 Å². The molecule has 2 aliphatic heterocycles. The van der Waals surface area contributed by atoms with Crippen LogP contribution >= 0.6 is 0 Å². The molecule has 5 rings (SSSR count). The SMILES string of the molecule is CN1CCN(Cc2ccc(-c3cnc4c(c3)C(C3=CCNCC3)=CC4)cc2)CC1. The lowest BCUT2D eigenvalue weighted by Gasteiger charge is -2.32. The van der Waals surface area contributed by atoms with Gasteiger partial charge in [-0.3, -0.25) is 9.88 Å². The number of hydrogen-bond acceptors (Lipinski definition) is 4. The van der Waals surface area contributed by atoms with E-state index >= 15 is 0 Å². The molecule has 1 N–H and O–H groups in total. The van der Waals surface area contributed by atoms with E-state index in [-0.39, 0.29) is 0 Å². The highest BCUT2D eigenvalue weighted by Crippen LogP contribution is 2.36. The fraction of sp³-hybridized carbons (Fsp3) is 0.400. The van der Waals surface area contributed by atoms with Crippen LogP contribution in [0.5, 0.6) is 0 Å². The van der Waals surface area contributed by atoms with Crippen molar-refractivity contribution in [2.24, 2.45) is 0 Å². The van der Waals surface area contributed by atoms with E-state index in [9.17, 15) is 0 Å². The van der Waals surface area contributed by atoms with Crippen LogP contribution in [0.3, 0.4) is 0 Å². The number of nitrogens with zero attached hydrogens (tertiary/aromatic N) is 3. The van der Waals surface area contributed by atoms with Crippen LogP contribution in [-0.2, 0) is 13.0 Å². The Morgan fingerprint density at radius 1 is 1.00 bits per heavy atom. The van der Waals surface area contributed by atoms with Gasteiger partial charge in [0.25, 0.3) is 0 Å². The Labute approximate surface area is 173 Å². The lowest BCUT2D eigenvalue weighted by Crippen LogP contribution is -2.43. The molecule has 0 spiro atoms. The monoisotopic (exact) mass is 386 g/mol. The van der Waals surface area contributed by atoms with Crippen LogP contribution in [0.2, 0.25) is 0 Å². The van der Waals surface area contributed by atoms with Crippen LogP contribution in [0.1, 0.15) is 23.2 Å². The topological polar surface area (TPSA) is 31.4 Å². The fourth-order valence-corrected chi connectivity index (χ4v) is 4.59. The van der Waals surface area contributed by atoms with Crippen molar-refractivity contribution in [2.45, 2.75) is 19.4 Å². The molecule has 150 valence electrons. The summed E-state index contributed by atoms with van der Waals surface area (Å²) in [5.41, 5.74) is 9.30. The van der Waals surface area contributed by atoms with Crippen LogP contribution in [0.15, 0.2) is 54.3 Å². The highest BCUT2D eigenvalue weighted by atomic mass is 15.2. The first-order valence-electron chi connectivity index (χ1n) is 10.9. The largest absolute Gasteiger partial charge is 0.313 e. The van der Waals surface area contributed by atoms with Gasteiger partial charge >= 0.3 is 0 Å². The number of fused-ring (bicyclic) bond motifs is 1. The van der Waals surface area contributed by atoms with Gasteiger partial charge < -0.3 is 10.2 Å². The molecular formula is C25H30N4. The summed E-state index contributed by atoms with van der Waals surface area (Å²) in [6, 6.07) is 11.4. The molecule has 2 aromatic rings. The molecule has 0 radical (unpaired) electrons. The fourth-order valence-electron chi connectivity index (χ4n) is 4.59. The Morgan fingerprint density at radius 2 is 1.83 bits per heavy atom. The number of rotatable bonds is 4. The van der Waals surface area contributed by atoms with Crippen molar-refractivity contribution in [3.63, 3.8) is 0 Å². The molecule has 3 aliphatic rings. The second kappa shape index (κ2) is 8.23. The summed E-state index contributed by atoms with van der Waals surface area (Å²) in [6.07, 6.45) is 8.81. The molecule has 0 unspecified atom stereocenters. The molecule has 4 heteroatoms. The predicted molar refractivity (Wildman–Crippen MR) is 120 cm³/mol. The first-order chi connectivity index (χ1) is 14.3. The van der Waals surface area contributed by atoms with E-state index in [1.54, 1.807) is 0 Å². The minimum absolute atomic E-state index is 0.958. The number of pyridine rings is 1. The number of aromatic nitrogens is 1. The van der Waals surface area contributed by atoms with E-state index in [0.29, 0.717) is 0 Å². The second-order valence-corrected chi connectivity index (χ2v) is 8.50. The third-order valence-electron chi connectivity index (χ3n) is 6.46. The molecule has 1 aromatic heterocycles. The molecule has 0 amide bonds. The molecule has 1 saturated heterocycles. The molecule has 1 fully saturated rings. The molecule has 4 nitrogen and oxygen atoms in total. The second-order valence-electron chi connectivity index (χ2n) is 8.50. The average Bonchev–Trinajstić information content (AvgIpc) is 3.20. The van der Waals surface area contributed by atoms with Crippen molar-refractivity contribution < 1.29 is 0 Å². The zero-order chi connectivity index (χ0) is 19.6. The zero-order valence-corrected chi connectivity index (χ0v) is 17.3. The number of allylic oxidation sites excluding steroid dienone is 2. The summed E-state index contributed by atoms with van der Waals surface area (Å²) in [5.74, 6) is 0. The van der Waals surface area contributed by atoms with Crippen molar-refractivity contribution in [3.05, 3.63) is 71.1 Å². The lowest BCUT2D eigenvalue weighted by molar-refractivity contribution is 0.148. The molecule has 0 saturated carbocycles. The zero-order valence-electron chi connectivity index (χ0n) is 17.3. The van der Waals surface area contributed by atoms with E-state index in [4.69, 9.17) is 4.98 Å². The van der Waals surface area contributed by atoms with E-state index < -0.39 is 0 Å². The Morgan fingerprint density at radius 3 is 2.59 bits per heavy atom. The maximum atomic E-state index is 4.80. The Bertz CT molecular complexity index is 934. The van der Waals surface area contributed by atoms with Gasteiger partial charge in [0.2, 0.25) is 0 Å². The quantitative estimate of drug-likeness (QED) is 0.873. The Balaban J connectivity index is 1.33.